The van der Waals surface area contributed by atoms with Crippen LogP contribution in [-0.2, 0) is 60.7 Å². The molecule has 0 heterocycles. The highest BCUT2D eigenvalue weighted by molar-refractivity contribution is 7.88. The van der Waals surface area contributed by atoms with E-state index < -0.39 is 141 Å². The van der Waals surface area contributed by atoms with E-state index in [0.717, 1.165) is 24.3 Å². The van der Waals surface area contributed by atoms with Gasteiger partial charge in [0.15, 0.2) is 0 Å². The molecule has 8 aromatic rings. The lowest BCUT2D eigenvalue weighted by molar-refractivity contribution is 0.101. The summed E-state index contributed by atoms with van der Waals surface area (Å²) in [5, 5.41) is 7.15. The first-order chi connectivity index (χ1) is 36.2. The lowest BCUT2D eigenvalue weighted by Gasteiger charge is -2.15. The van der Waals surface area contributed by atoms with Gasteiger partial charge < -0.3 is 21.3 Å². The van der Waals surface area contributed by atoms with E-state index in [4.69, 9.17) is 0 Å². The monoisotopic (exact) mass is 1180 g/mol. The van der Waals surface area contributed by atoms with Gasteiger partial charge in [-0.05, 0) is 119 Å². The SMILES string of the molecule is O=C(Nc1cccc(-c2ccc(C(=O)Nc3ccc(S(=O)(=O)O)c4cc(S(=O)(=O)O)cc(S(=O)(=O)O)c34)cc2)c1)Nc1cccc(-c2ccc(C(=O)Nc3ccc(S(=O)(=O)O)c4cc(S(=O)(=O)O)cc(S(=O)(=O)O)c34)cc2)c1. The molecular weight excluding hydrogens is 1150 g/mol. The number of fused-ring (bicyclic) bond motifs is 2. The molecule has 404 valence electrons. The Morgan fingerprint density at radius 1 is 0.321 bits per heavy atom. The fourth-order valence-corrected chi connectivity index (χ4v) is 12.1. The van der Waals surface area contributed by atoms with E-state index in [1.165, 1.54) is 48.5 Å². The second-order valence-corrected chi connectivity index (χ2v) is 25.0. The van der Waals surface area contributed by atoms with Gasteiger partial charge in [-0.15, -0.1) is 0 Å². The maximum atomic E-state index is 13.5. The van der Waals surface area contributed by atoms with Gasteiger partial charge in [-0.1, -0.05) is 48.5 Å². The van der Waals surface area contributed by atoms with Crippen molar-refractivity contribution in [2.45, 2.75) is 29.4 Å². The van der Waals surface area contributed by atoms with Crippen molar-refractivity contribution in [3.05, 3.63) is 157 Å². The molecule has 8 rings (SSSR count). The molecule has 0 bridgehead atoms. The number of nitrogens with one attached hydrogen (secondary N) is 4. The molecule has 4 amide bonds. The van der Waals surface area contributed by atoms with E-state index in [1.807, 2.05) is 0 Å². The standard InChI is InChI=1S/C47H34N4O21S6/c52-45(50-37-15-17-39(75(61,62)63)35-21-33(73(55,56)57)23-41(43(35)37)77(67,68)69)27-11-7-25(8-12-27)29-3-1-5-31(19-29)48-47(54)49-32-6-2-4-30(20-32)26-9-13-28(14-10-26)46(53)51-38-16-18-40(76(64,65)66)36-22-34(74(58,59)60)24-42(44(36)38)78(70,71)72/h1-24H,(H,50,52)(H,51,53)(H2,48,49,54)(H,55,56,57)(H,58,59,60)(H,61,62,63)(H,64,65,66)(H,67,68,69)(H,70,71,72). The smallest absolute Gasteiger partial charge is 0.321 e. The van der Waals surface area contributed by atoms with Gasteiger partial charge in [0, 0.05) is 44.0 Å². The third-order valence-electron chi connectivity index (χ3n) is 11.4. The van der Waals surface area contributed by atoms with Crippen LogP contribution in [0.15, 0.2) is 175 Å². The first-order valence-corrected chi connectivity index (χ1v) is 30.0. The zero-order chi connectivity index (χ0) is 57.1. The first kappa shape index (κ1) is 56.2. The van der Waals surface area contributed by atoms with Crippen LogP contribution in [0.4, 0.5) is 27.5 Å². The number of anilines is 4. The summed E-state index contributed by atoms with van der Waals surface area (Å²) in [6.07, 6.45) is 0. The van der Waals surface area contributed by atoms with Crippen LogP contribution in [0.3, 0.4) is 0 Å². The summed E-state index contributed by atoms with van der Waals surface area (Å²) in [7, 11) is -31.6. The van der Waals surface area contributed by atoms with E-state index in [1.54, 1.807) is 48.5 Å². The quantitative estimate of drug-likeness (QED) is 0.0492. The van der Waals surface area contributed by atoms with Crippen LogP contribution in [0.25, 0.3) is 43.8 Å². The van der Waals surface area contributed by atoms with Crippen molar-refractivity contribution in [3.63, 3.8) is 0 Å². The summed E-state index contributed by atoms with van der Waals surface area (Å²) in [5.74, 6) is -1.80. The molecule has 0 aromatic heterocycles. The number of rotatable bonds is 14. The predicted molar refractivity (Wildman–Crippen MR) is 279 cm³/mol. The highest BCUT2D eigenvalue weighted by Crippen LogP contribution is 2.39. The highest BCUT2D eigenvalue weighted by Gasteiger charge is 2.29. The van der Waals surface area contributed by atoms with Crippen molar-refractivity contribution in [2.24, 2.45) is 0 Å². The lowest BCUT2D eigenvalue weighted by atomic mass is 10.0. The Bertz CT molecular complexity index is 4300. The summed E-state index contributed by atoms with van der Waals surface area (Å²) < 4.78 is 205. The van der Waals surface area contributed by atoms with E-state index in [-0.39, 0.29) is 11.1 Å². The molecule has 0 aliphatic heterocycles. The van der Waals surface area contributed by atoms with Crippen molar-refractivity contribution in [3.8, 4) is 22.3 Å². The van der Waals surface area contributed by atoms with Crippen molar-refractivity contribution in [1.82, 2.24) is 0 Å². The molecule has 0 radical (unpaired) electrons. The average Bonchev–Trinajstić information content (AvgIpc) is 3.49. The van der Waals surface area contributed by atoms with Crippen LogP contribution in [-0.4, -0.2) is 95.7 Å². The predicted octanol–water partition coefficient (Wildman–Crippen LogP) is 6.96. The van der Waals surface area contributed by atoms with Crippen molar-refractivity contribution < 1.29 is 92.2 Å². The van der Waals surface area contributed by atoms with Gasteiger partial charge in [0.2, 0.25) is 0 Å². The number of carbonyl (C=O) groups excluding carboxylic acids is 3. The number of benzene rings is 8. The van der Waals surface area contributed by atoms with Gasteiger partial charge in [0.25, 0.3) is 72.5 Å². The molecule has 0 aliphatic rings. The average molecular weight is 1180 g/mol. The molecule has 8 aromatic carbocycles. The second-order valence-electron chi connectivity index (χ2n) is 16.6. The van der Waals surface area contributed by atoms with E-state index in [0.29, 0.717) is 57.9 Å². The summed E-state index contributed by atoms with van der Waals surface area (Å²) >= 11 is 0. The molecule has 25 nitrogen and oxygen atoms in total. The molecule has 0 unspecified atom stereocenters. The van der Waals surface area contributed by atoms with Crippen LogP contribution in [0.1, 0.15) is 20.7 Å². The van der Waals surface area contributed by atoms with Gasteiger partial charge in [0.1, 0.15) is 19.6 Å². The van der Waals surface area contributed by atoms with Gasteiger partial charge >= 0.3 is 6.03 Å². The van der Waals surface area contributed by atoms with Gasteiger partial charge in [-0.3, -0.25) is 36.9 Å². The maximum Gasteiger partial charge on any atom is 0.323 e. The molecule has 0 atom stereocenters. The molecule has 0 saturated heterocycles. The Labute approximate surface area is 442 Å². The van der Waals surface area contributed by atoms with Crippen molar-refractivity contribution >= 4 is 123 Å². The number of hydrogen-bond acceptors (Lipinski definition) is 15. The zero-order valence-corrected chi connectivity index (χ0v) is 43.5. The Morgan fingerprint density at radius 3 is 0.962 bits per heavy atom. The summed E-state index contributed by atoms with van der Waals surface area (Å²) in [6.45, 7) is 0. The molecule has 0 spiro atoms. The first-order valence-electron chi connectivity index (χ1n) is 21.3. The van der Waals surface area contributed by atoms with Crippen molar-refractivity contribution in [2.75, 3.05) is 21.3 Å². The van der Waals surface area contributed by atoms with Crippen LogP contribution in [0.2, 0.25) is 0 Å². The lowest BCUT2D eigenvalue weighted by Crippen LogP contribution is -2.19. The van der Waals surface area contributed by atoms with Gasteiger partial charge in [-0.25, -0.2) is 4.79 Å². The molecule has 31 heteroatoms. The van der Waals surface area contributed by atoms with Crippen LogP contribution in [0, 0.1) is 0 Å². The topological polar surface area (TPSA) is 426 Å². The van der Waals surface area contributed by atoms with Gasteiger partial charge in [0.05, 0.1) is 21.2 Å². The summed E-state index contributed by atoms with van der Waals surface area (Å²) in [6, 6.07) is 28.8. The van der Waals surface area contributed by atoms with Gasteiger partial charge in [-0.2, -0.15) is 50.5 Å². The molecule has 0 aliphatic carbocycles. The van der Waals surface area contributed by atoms with Crippen LogP contribution < -0.4 is 21.3 Å². The minimum absolute atomic E-state index is 0.0359. The van der Waals surface area contributed by atoms with Crippen molar-refractivity contribution in [1.29, 1.82) is 0 Å². The summed E-state index contributed by atoms with van der Waals surface area (Å²) in [4.78, 5) is 33.4. The zero-order valence-electron chi connectivity index (χ0n) is 38.6. The largest absolute Gasteiger partial charge is 0.323 e. The molecule has 10 N–H and O–H groups in total. The van der Waals surface area contributed by atoms with E-state index >= 15 is 0 Å². The molecular formula is C47H34N4O21S6. The Balaban J connectivity index is 0.955. The Morgan fingerprint density at radius 2 is 0.654 bits per heavy atom. The van der Waals surface area contributed by atoms with E-state index in [9.17, 15) is 92.2 Å². The maximum absolute atomic E-state index is 13.5. The summed E-state index contributed by atoms with van der Waals surface area (Å²) in [5.41, 5.74) is 1.86. The minimum atomic E-state index is -5.38. The fourth-order valence-electron chi connectivity index (χ4n) is 8.02. The third-order valence-corrected chi connectivity index (χ3v) is 16.7. The third kappa shape index (κ3) is 12.2. The van der Waals surface area contributed by atoms with E-state index in [2.05, 4.69) is 21.3 Å². The minimum Gasteiger partial charge on any atom is -0.321 e. The van der Waals surface area contributed by atoms with Crippen LogP contribution in [0.5, 0.6) is 0 Å². The highest BCUT2D eigenvalue weighted by atomic mass is 32.2. The molecule has 0 fully saturated rings. The molecule has 0 saturated carbocycles. The second kappa shape index (κ2) is 20.4. The molecule has 78 heavy (non-hydrogen) atoms. The Kier molecular flexibility index (Phi) is 14.7. The normalized spacial score (nSPS) is 12.5. The number of amides is 4. The number of carbonyl (C=O) groups is 3. The Hall–Kier alpha value is -8.05. The van der Waals surface area contributed by atoms with Crippen LogP contribution >= 0.6 is 0 Å². The number of hydrogen-bond donors (Lipinski definition) is 10. The fraction of sp³-hybridized carbons (Fsp3) is 0. The number of urea groups is 1.